The van der Waals surface area contributed by atoms with Gasteiger partial charge in [0.1, 0.15) is 0 Å². The molecule has 0 heterocycles. The number of nitrogens with zero attached hydrogens (tertiary/aromatic N) is 2. The summed E-state index contributed by atoms with van der Waals surface area (Å²) in [4.78, 5) is 0. The summed E-state index contributed by atoms with van der Waals surface area (Å²) in [7, 11) is 0. The predicted molar refractivity (Wildman–Crippen MR) is 46.6 cm³/mol. The van der Waals surface area contributed by atoms with Gasteiger partial charge in [-0.1, -0.05) is 13.8 Å². The Bertz CT molecular complexity index is 84.6. The zero-order valence-corrected chi connectivity index (χ0v) is 10.5. The maximum Gasteiger partial charge on any atom is -0.0844 e. The summed E-state index contributed by atoms with van der Waals surface area (Å²) in [6.45, 7) is 12.3. The average Bonchev–Trinajstić information content (AvgIpc) is 1.90. The Kier molecular flexibility index (Phi) is 11.0. The Hall–Kier alpha value is 0.500. The molecule has 0 amide bonds. The van der Waals surface area contributed by atoms with Crippen molar-refractivity contribution in [2.24, 2.45) is 3.34 Å². The fourth-order valence-corrected chi connectivity index (χ4v) is 0.224. The molecule has 11 heavy (non-hydrogen) atoms. The first-order valence-electron chi connectivity index (χ1n) is 3.97. The van der Waals surface area contributed by atoms with E-state index in [1.54, 1.807) is 0 Å². The van der Waals surface area contributed by atoms with Crippen molar-refractivity contribution in [3.8, 4) is 0 Å². The van der Waals surface area contributed by atoms with Crippen LogP contribution in [0.1, 0.15) is 34.6 Å². The van der Waals surface area contributed by atoms with Crippen LogP contribution >= 0.6 is 0 Å². The summed E-state index contributed by atoms with van der Waals surface area (Å²) in [5.74, 6) is 0. The molecule has 0 aromatic heterocycles. The van der Waals surface area contributed by atoms with Gasteiger partial charge in [0.05, 0.1) is 0 Å². The van der Waals surface area contributed by atoms with E-state index in [0.29, 0.717) is 0 Å². The molecule has 0 spiro atoms. The van der Waals surface area contributed by atoms with E-state index < -0.39 is 0 Å². The maximum atomic E-state index is 4.07. The van der Waals surface area contributed by atoms with Crippen LogP contribution in [0.5, 0.6) is 0 Å². The van der Waals surface area contributed by atoms with E-state index in [4.69, 9.17) is 0 Å². The third-order valence-electron chi connectivity index (χ3n) is 0.747. The van der Waals surface area contributed by atoms with Gasteiger partial charge in [-0.25, -0.2) is 0 Å². The minimum atomic E-state index is 0.189. The molecule has 0 atom stereocenters. The maximum absolute atomic E-state index is 4.07. The van der Waals surface area contributed by atoms with Crippen LogP contribution in [0.25, 0.3) is 5.32 Å². The molecule has 0 aromatic rings. The van der Waals surface area contributed by atoms with Crippen molar-refractivity contribution in [1.82, 2.24) is 0 Å². The Morgan fingerprint density at radius 2 is 1.45 bits per heavy atom. The third kappa shape index (κ3) is 25.1. The molecule has 2 nitrogen and oxygen atoms in total. The van der Waals surface area contributed by atoms with E-state index in [1.165, 1.54) is 20.9 Å². The van der Waals surface area contributed by atoms with Crippen molar-refractivity contribution in [1.29, 1.82) is 0 Å². The first-order valence-corrected chi connectivity index (χ1v) is 4.95. The molecule has 3 heteroatoms. The van der Waals surface area contributed by atoms with Crippen LogP contribution in [0, 0.1) is 0 Å². The van der Waals surface area contributed by atoms with Crippen molar-refractivity contribution in [3.05, 3.63) is 5.32 Å². The zero-order chi connectivity index (χ0) is 9.33. The van der Waals surface area contributed by atoms with Crippen LogP contribution < -0.4 is 0 Å². The van der Waals surface area contributed by atoms with E-state index >= 15 is 0 Å². The molecule has 0 rings (SSSR count). The van der Waals surface area contributed by atoms with Gasteiger partial charge in [-0.15, -0.1) is 0 Å². The molecule has 0 bridgehead atoms. The van der Waals surface area contributed by atoms with Crippen molar-refractivity contribution in [2.45, 2.75) is 40.2 Å². The minimum Gasteiger partial charge on any atom is -0.663 e. The summed E-state index contributed by atoms with van der Waals surface area (Å²) in [5.41, 5.74) is 0.189. The zero-order valence-electron chi connectivity index (χ0n) is 8.26. The van der Waals surface area contributed by atoms with Crippen molar-refractivity contribution in [3.63, 3.8) is 0 Å². The molecular formula is C8H19N2Nb-. The molecule has 0 saturated heterocycles. The molecular weight excluding hydrogens is 217 g/mol. The largest absolute Gasteiger partial charge is 0.663 e. The molecule has 0 aliphatic carbocycles. The average molecular weight is 236 g/mol. The second kappa shape index (κ2) is 8.60. The predicted octanol–water partition coefficient (Wildman–Crippen LogP) is 2.92. The quantitative estimate of drug-likeness (QED) is 0.659. The number of rotatable bonds is 2. The van der Waals surface area contributed by atoms with Crippen LogP contribution in [-0.4, -0.2) is 18.6 Å². The first kappa shape index (κ1) is 14.0. The topological polar surface area (TPSA) is 26.5 Å². The van der Waals surface area contributed by atoms with Crippen molar-refractivity contribution >= 4 is 0 Å². The fraction of sp³-hybridized carbons (Fsp3) is 1.00. The Morgan fingerprint density at radius 1 is 1.18 bits per heavy atom. The Balaban J connectivity index is 0. The van der Waals surface area contributed by atoms with Crippen LogP contribution in [0.2, 0.25) is 0 Å². The summed E-state index contributed by atoms with van der Waals surface area (Å²) < 4.78 is 4.07. The van der Waals surface area contributed by atoms with Crippen LogP contribution in [0.4, 0.5) is 0 Å². The standard InChI is InChI=1S/C4H9N.C4H10N.Nb/c1-4(2,3)5;1-3-5-4-2;/h1-3H3;3-4H2,1-2H3;/q;-1;. The van der Waals surface area contributed by atoms with E-state index in [0.717, 1.165) is 13.1 Å². The van der Waals surface area contributed by atoms with Gasteiger partial charge in [-0.3, -0.25) is 0 Å². The van der Waals surface area contributed by atoms with Gasteiger partial charge in [0.25, 0.3) is 0 Å². The van der Waals surface area contributed by atoms with E-state index in [2.05, 4.69) is 29.4 Å². The molecule has 0 aliphatic heterocycles. The number of hydrogen-bond acceptors (Lipinski definition) is 1. The fourth-order valence-electron chi connectivity index (χ4n) is 0.224. The van der Waals surface area contributed by atoms with Crippen LogP contribution in [0.15, 0.2) is 3.34 Å². The Labute approximate surface area is 82.9 Å². The molecule has 0 N–H and O–H groups in total. The van der Waals surface area contributed by atoms with E-state index in [9.17, 15) is 0 Å². The first-order chi connectivity index (χ1) is 4.97. The summed E-state index contributed by atoms with van der Waals surface area (Å²) >= 11 is 1.52. The second-order valence-electron chi connectivity index (χ2n) is 3.13. The van der Waals surface area contributed by atoms with Gasteiger partial charge in [-0.05, 0) is 0 Å². The second-order valence-corrected chi connectivity index (χ2v) is 3.62. The van der Waals surface area contributed by atoms with Crippen LogP contribution in [-0.2, 0) is 20.9 Å². The molecule has 0 fully saturated rings. The molecule has 0 unspecified atom stereocenters. The van der Waals surface area contributed by atoms with Gasteiger partial charge in [0.2, 0.25) is 0 Å². The third-order valence-corrected chi connectivity index (χ3v) is 2.22. The summed E-state index contributed by atoms with van der Waals surface area (Å²) in [6.07, 6.45) is 0. The van der Waals surface area contributed by atoms with E-state index in [1.807, 2.05) is 13.8 Å². The normalized spacial score (nSPS) is 9.82. The SMILES string of the molecule is CC(C)(C)[N]=[Nb].CC[N-]CC. The van der Waals surface area contributed by atoms with Gasteiger partial charge in [0.15, 0.2) is 0 Å². The van der Waals surface area contributed by atoms with Crippen LogP contribution in [0.3, 0.4) is 0 Å². The van der Waals surface area contributed by atoms with Gasteiger partial charge in [-0.2, -0.15) is 13.1 Å². The molecule has 0 aliphatic rings. The monoisotopic (exact) mass is 236 g/mol. The number of hydrogen-bond donors (Lipinski definition) is 0. The van der Waals surface area contributed by atoms with Gasteiger partial charge in [0, 0.05) is 0 Å². The Morgan fingerprint density at radius 3 is 1.45 bits per heavy atom. The smallest absolute Gasteiger partial charge is 0.0844 e. The van der Waals surface area contributed by atoms with Gasteiger partial charge >= 0.3 is 50.5 Å². The van der Waals surface area contributed by atoms with E-state index in [-0.39, 0.29) is 5.54 Å². The molecule has 0 saturated carbocycles. The minimum absolute atomic E-state index is 0.189. The van der Waals surface area contributed by atoms with Crippen molar-refractivity contribution < 1.29 is 20.9 Å². The molecule has 0 radical (unpaired) electrons. The molecule has 67 valence electrons. The van der Waals surface area contributed by atoms with Crippen molar-refractivity contribution in [2.75, 3.05) is 13.1 Å². The molecule has 0 aromatic carbocycles. The van der Waals surface area contributed by atoms with Gasteiger partial charge < -0.3 is 5.32 Å². The summed E-state index contributed by atoms with van der Waals surface area (Å²) in [5, 5.41) is 3.97. The summed E-state index contributed by atoms with van der Waals surface area (Å²) in [6, 6.07) is 0.